The average molecular weight is 327 g/mol. The minimum Gasteiger partial charge on any atom is -0.351 e. The van der Waals surface area contributed by atoms with Crippen LogP contribution in [-0.4, -0.2) is 60.3 Å². The fourth-order valence-corrected chi connectivity index (χ4v) is 2.84. The zero-order valence-corrected chi connectivity index (χ0v) is 14.1. The molecule has 1 aromatic heterocycles. The lowest BCUT2D eigenvalue weighted by molar-refractivity contribution is 0.0946. The number of aromatic amines is 1. The van der Waals surface area contributed by atoms with Crippen LogP contribution in [0.4, 0.5) is 0 Å². The molecule has 0 radical (unpaired) electrons. The van der Waals surface area contributed by atoms with Crippen molar-refractivity contribution in [1.82, 2.24) is 25.7 Å². The highest BCUT2D eigenvalue weighted by atomic mass is 16.1. The SMILES string of the molecule is Cc1ccc(-c2cc(C(=O)NCCCN3CCNCC3)[nH]n2)cc1. The number of aromatic nitrogens is 2. The van der Waals surface area contributed by atoms with Crippen molar-refractivity contribution in [3.8, 4) is 11.3 Å². The quantitative estimate of drug-likeness (QED) is 0.702. The predicted molar refractivity (Wildman–Crippen MR) is 95.0 cm³/mol. The van der Waals surface area contributed by atoms with Crippen LogP contribution in [0.3, 0.4) is 0 Å². The summed E-state index contributed by atoms with van der Waals surface area (Å²) in [7, 11) is 0. The minimum atomic E-state index is -0.0961. The van der Waals surface area contributed by atoms with Gasteiger partial charge in [-0.1, -0.05) is 29.8 Å². The predicted octanol–water partition coefficient (Wildman–Crippen LogP) is 1.41. The topological polar surface area (TPSA) is 73.1 Å². The van der Waals surface area contributed by atoms with Crippen molar-refractivity contribution in [2.45, 2.75) is 13.3 Å². The van der Waals surface area contributed by atoms with Crippen LogP contribution in [-0.2, 0) is 0 Å². The van der Waals surface area contributed by atoms with E-state index >= 15 is 0 Å². The first-order valence-corrected chi connectivity index (χ1v) is 8.56. The van der Waals surface area contributed by atoms with Crippen LogP contribution < -0.4 is 10.6 Å². The number of benzene rings is 1. The number of carbonyl (C=O) groups is 1. The molecule has 3 rings (SSSR count). The number of piperazine rings is 1. The van der Waals surface area contributed by atoms with Gasteiger partial charge in [-0.05, 0) is 26.0 Å². The maximum atomic E-state index is 12.2. The summed E-state index contributed by atoms with van der Waals surface area (Å²) < 4.78 is 0. The minimum absolute atomic E-state index is 0.0961. The third-order valence-electron chi connectivity index (χ3n) is 4.32. The van der Waals surface area contributed by atoms with Gasteiger partial charge in [0.05, 0.1) is 5.69 Å². The number of nitrogens with one attached hydrogen (secondary N) is 3. The van der Waals surface area contributed by atoms with Crippen LogP contribution >= 0.6 is 0 Å². The largest absolute Gasteiger partial charge is 0.351 e. The Bertz CT molecular complexity index is 658. The van der Waals surface area contributed by atoms with Crippen LogP contribution in [0.5, 0.6) is 0 Å². The summed E-state index contributed by atoms with van der Waals surface area (Å²) in [4.78, 5) is 14.6. The number of H-pyrrole nitrogens is 1. The summed E-state index contributed by atoms with van der Waals surface area (Å²) in [5.41, 5.74) is 3.51. The molecule has 6 nitrogen and oxygen atoms in total. The normalized spacial score (nSPS) is 15.4. The number of aryl methyl sites for hydroxylation is 1. The van der Waals surface area contributed by atoms with Crippen LogP contribution in [0.1, 0.15) is 22.5 Å². The molecule has 2 heterocycles. The van der Waals surface area contributed by atoms with Gasteiger partial charge < -0.3 is 15.5 Å². The highest BCUT2D eigenvalue weighted by Gasteiger charge is 2.12. The van der Waals surface area contributed by atoms with E-state index in [0.29, 0.717) is 12.2 Å². The second-order valence-corrected chi connectivity index (χ2v) is 6.23. The van der Waals surface area contributed by atoms with Crippen LogP contribution in [0.2, 0.25) is 0 Å². The fourth-order valence-electron chi connectivity index (χ4n) is 2.84. The summed E-state index contributed by atoms with van der Waals surface area (Å²) in [6.07, 6.45) is 0.963. The van der Waals surface area contributed by atoms with Crippen molar-refractivity contribution in [2.75, 3.05) is 39.3 Å². The van der Waals surface area contributed by atoms with E-state index in [0.717, 1.165) is 50.4 Å². The van der Waals surface area contributed by atoms with Gasteiger partial charge in [-0.2, -0.15) is 5.10 Å². The Morgan fingerprint density at radius 3 is 2.75 bits per heavy atom. The summed E-state index contributed by atoms with van der Waals surface area (Å²) in [5, 5.41) is 13.4. The summed E-state index contributed by atoms with van der Waals surface area (Å²) in [6.45, 7) is 8.06. The van der Waals surface area contributed by atoms with E-state index in [1.807, 2.05) is 31.2 Å². The summed E-state index contributed by atoms with van der Waals surface area (Å²) >= 11 is 0. The van der Waals surface area contributed by atoms with Gasteiger partial charge in [0.2, 0.25) is 0 Å². The Kier molecular flexibility index (Phi) is 5.61. The van der Waals surface area contributed by atoms with E-state index in [2.05, 4.69) is 25.7 Å². The number of rotatable bonds is 6. The van der Waals surface area contributed by atoms with Gasteiger partial charge in [-0.3, -0.25) is 9.89 Å². The molecular formula is C18H25N5O. The van der Waals surface area contributed by atoms with Crippen molar-refractivity contribution >= 4 is 5.91 Å². The molecule has 2 aromatic rings. The van der Waals surface area contributed by atoms with E-state index in [1.165, 1.54) is 5.56 Å². The Labute approximate surface area is 142 Å². The molecule has 1 fully saturated rings. The molecule has 3 N–H and O–H groups in total. The molecule has 0 bridgehead atoms. The zero-order valence-electron chi connectivity index (χ0n) is 14.1. The number of carbonyl (C=O) groups excluding carboxylic acids is 1. The highest BCUT2D eigenvalue weighted by molar-refractivity contribution is 5.93. The molecule has 1 aromatic carbocycles. The Morgan fingerprint density at radius 1 is 1.25 bits per heavy atom. The van der Waals surface area contributed by atoms with E-state index < -0.39 is 0 Å². The van der Waals surface area contributed by atoms with E-state index in [-0.39, 0.29) is 5.91 Å². The van der Waals surface area contributed by atoms with Gasteiger partial charge in [-0.15, -0.1) is 0 Å². The highest BCUT2D eigenvalue weighted by Crippen LogP contribution is 2.18. The fraction of sp³-hybridized carbons (Fsp3) is 0.444. The Morgan fingerprint density at radius 2 is 2.00 bits per heavy atom. The molecule has 128 valence electrons. The standard InChI is InChI=1S/C18H25N5O/c1-14-3-5-15(6-4-14)16-13-17(22-21-16)18(24)20-7-2-10-23-11-8-19-9-12-23/h3-6,13,19H,2,7-12H2,1H3,(H,20,24)(H,21,22). The summed E-state index contributed by atoms with van der Waals surface area (Å²) in [6, 6.07) is 9.91. The molecule has 1 amide bonds. The van der Waals surface area contributed by atoms with Crippen molar-refractivity contribution < 1.29 is 4.79 Å². The second-order valence-electron chi connectivity index (χ2n) is 6.23. The Hall–Kier alpha value is -2.18. The number of amides is 1. The van der Waals surface area contributed by atoms with Crippen molar-refractivity contribution in [3.05, 3.63) is 41.6 Å². The first kappa shape index (κ1) is 16.7. The first-order valence-electron chi connectivity index (χ1n) is 8.56. The lowest BCUT2D eigenvalue weighted by Gasteiger charge is -2.26. The maximum absolute atomic E-state index is 12.2. The van der Waals surface area contributed by atoms with Gasteiger partial charge in [0.15, 0.2) is 0 Å². The molecule has 1 aliphatic rings. The van der Waals surface area contributed by atoms with Crippen LogP contribution in [0.15, 0.2) is 30.3 Å². The second kappa shape index (κ2) is 8.08. The van der Waals surface area contributed by atoms with E-state index in [4.69, 9.17) is 0 Å². The van der Waals surface area contributed by atoms with Gasteiger partial charge in [-0.25, -0.2) is 0 Å². The molecule has 0 saturated carbocycles. The monoisotopic (exact) mass is 327 g/mol. The molecule has 0 unspecified atom stereocenters. The van der Waals surface area contributed by atoms with Crippen LogP contribution in [0, 0.1) is 6.92 Å². The van der Waals surface area contributed by atoms with Gasteiger partial charge >= 0.3 is 0 Å². The number of nitrogens with zero attached hydrogens (tertiary/aromatic N) is 2. The lowest BCUT2D eigenvalue weighted by Crippen LogP contribution is -2.44. The van der Waals surface area contributed by atoms with Gasteiger partial charge in [0.25, 0.3) is 5.91 Å². The number of hydrogen-bond acceptors (Lipinski definition) is 4. The molecular weight excluding hydrogens is 302 g/mol. The lowest BCUT2D eigenvalue weighted by atomic mass is 10.1. The first-order chi connectivity index (χ1) is 11.7. The average Bonchev–Trinajstić information content (AvgIpc) is 3.10. The molecule has 1 aliphatic heterocycles. The maximum Gasteiger partial charge on any atom is 0.269 e. The molecule has 0 spiro atoms. The number of hydrogen-bond donors (Lipinski definition) is 3. The smallest absolute Gasteiger partial charge is 0.269 e. The van der Waals surface area contributed by atoms with Gasteiger partial charge in [0, 0.05) is 38.3 Å². The van der Waals surface area contributed by atoms with E-state index in [1.54, 1.807) is 6.07 Å². The summed E-state index contributed by atoms with van der Waals surface area (Å²) in [5.74, 6) is -0.0961. The van der Waals surface area contributed by atoms with E-state index in [9.17, 15) is 4.79 Å². The molecule has 0 atom stereocenters. The van der Waals surface area contributed by atoms with Crippen LogP contribution in [0.25, 0.3) is 11.3 Å². The molecule has 6 heteroatoms. The molecule has 24 heavy (non-hydrogen) atoms. The Balaban J connectivity index is 1.46. The van der Waals surface area contributed by atoms with Crippen molar-refractivity contribution in [3.63, 3.8) is 0 Å². The third kappa shape index (κ3) is 4.43. The van der Waals surface area contributed by atoms with Gasteiger partial charge in [0.1, 0.15) is 5.69 Å². The molecule has 1 saturated heterocycles. The molecule has 0 aliphatic carbocycles. The zero-order chi connectivity index (χ0) is 16.8. The third-order valence-corrected chi connectivity index (χ3v) is 4.32. The van der Waals surface area contributed by atoms with Crippen molar-refractivity contribution in [1.29, 1.82) is 0 Å². The van der Waals surface area contributed by atoms with Crippen molar-refractivity contribution in [2.24, 2.45) is 0 Å².